The Balaban J connectivity index is 1.60. The molecule has 0 aliphatic carbocycles. The molecule has 0 spiro atoms. The molecule has 0 aromatic heterocycles. The van der Waals surface area contributed by atoms with Gasteiger partial charge >= 0.3 is 0 Å². The smallest absolute Gasteiger partial charge is 0.268 e. The van der Waals surface area contributed by atoms with Gasteiger partial charge in [0.25, 0.3) is 11.8 Å². The number of thioether (sulfide) groups is 1. The summed E-state index contributed by atoms with van der Waals surface area (Å²) < 4.78 is 0. The number of amides is 2. The Morgan fingerprint density at radius 2 is 1.41 bits per heavy atom. The lowest BCUT2D eigenvalue weighted by atomic mass is 10.1. The lowest BCUT2D eigenvalue weighted by Crippen LogP contribution is -2.31. The third kappa shape index (κ3) is 3.72. The first-order valence-electron chi connectivity index (χ1n) is 10.2. The molecule has 0 saturated heterocycles. The van der Waals surface area contributed by atoms with Gasteiger partial charge in [-0.2, -0.15) is 0 Å². The minimum Gasteiger partial charge on any atom is -0.268 e. The highest BCUT2D eigenvalue weighted by Gasteiger charge is 2.40. The van der Waals surface area contributed by atoms with Crippen LogP contribution in [0, 0.1) is 0 Å². The van der Waals surface area contributed by atoms with Crippen LogP contribution in [0.5, 0.6) is 0 Å². The summed E-state index contributed by atoms with van der Waals surface area (Å²) in [5.74, 6) is -0.0168. The molecule has 3 nitrogen and oxygen atoms in total. The van der Waals surface area contributed by atoms with Gasteiger partial charge in [-0.3, -0.25) is 9.59 Å². The summed E-state index contributed by atoms with van der Waals surface area (Å²) in [5.41, 5.74) is 2.79. The highest BCUT2D eigenvalue weighted by molar-refractivity contribution is 8.03. The van der Waals surface area contributed by atoms with Crippen LogP contribution >= 0.6 is 23.4 Å². The third-order valence-corrected chi connectivity index (χ3v) is 6.80. The number of carbonyl (C=O) groups excluding carboxylic acids is 2. The molecule has 1 aliphatic rings. The number of fused-ring (bicyclic) bond motifs is 1. The number of hydrogen-bond donors (Lipinski definition) is 0. The molecule has 5 heteroatoms. The fourth-order valence-electron chi connectivity index (χ4n) is 3.87. The second-order valence-corrected chi connectivity index (χ2v) is 8.85. The number of imide groups is 1. The number of hydrogen-bond acceptors (Lipinski definition) is 3. The van der Waals surface area contributed by atoms with Gasteiger partial charge in [0.05, 0.1) is 16.2 Å². The summed E-state index contributed by atoms with van der Waals surface area (Å²) in [7, 11) is 0. The van der Waals surface area contributed by atoms with Gasteiger partial charge in [-0.1, -0.05) is 90.5 Å². The van der Waals surface area contributed by atoms with Crippen molar-refractivity contribution in [3.05, 3.63) is 118 Å². The molecular formula is C27H18ClNO2S. The number of rotatable bonds is 5. The highest BCUT2D eigenvalue weighted by Crippen LogP contribution is 2.41. The normalized spacial score (nSPS) is 14.0. The first-order chi connectivity index (χ1) is 15.6. The van der Waals surface area contributed by atoms with Crippen LogP contribution < -0.4 is 4.90 Å². The molecule has 0 unspecified atom stereocenters. The molecule has 1 heterocycles. The molecule has 0 atom stereocenters. The van der Waals surface area contributed by atoms with Gasteiger partial charge < -0.3 is 0 Å². The summed E-state index contributed by atoms with van der Waals surface area (Å²) in [6.45, 7) is 0. The first kappa shape index (κ1) is 20.6. The van der Waals surface area contributed by atoms with E-state index in [1.165, 1.54) is 16.7 Å². The van der Waals surface area contributed by atoms with Crippen molar-refractivity contribution in [2.24, 2.45) is 0 Å². The van der Waals surface area contributed by atoms with Crippen LogP contribution in [-0.2, 0) is 15.3 Å². The zero-order chi connectivity index (χ0) is 22.1. The summed E-state index contributed by atoms with van der Waals surface area (Å²) in [4.78, 5) is 29.1. The van der Waals surface area contributed by atoms with Gasteiger partial charge in [0.15, 0.2) is 0 Å². The van der Waals surface area contributed by atoms with E-state index in [0.717, 1.165) is 16.3 Å². The molecule has 2 amide bonds. The monoisotopic (exact) mass is 455 g/mol. The number of anilines is 1. The largest absolute Gasteiger partial charge is 0.272 e. The molecule has 156 valence electrons. The van der Waals surface area contributed by atoms with Gasteiger partial charge in [-0.05, 0) is 34.7 Å². The van der Waals surface area contributed by atoms with Crippen LogP contribution in [0.1, 0.15) is 11.1 Å². The zero-order valence-corrected chi connectivity index (χ0v) is 18.6. The number of nitrogens with zero attached hydrogens (tertiary/aromatic N) is 1. The first-order valence-corrected chi connectivity index (χ1v) is 11.5. The fourth-order valence-corrected chi connectivity index (χ4v) is 5.06. The van der Waals surface area contributed by atoms with Crippen LogP contribution in [0.25, 0.3) is 16.3 Å². The van der Waals surface area contributed by atoms with Gasteiger partial charge in [0.2, 0.25) is 0 Å². The standard InChI is InChI=1S/C27H18ClNO2S/c28-21-15-13-20(14-16-21)24-25(32-17-18-7-2-1-3-8-18)27(31)29(26(24)30)23-12-6-10-19-9-4-5-11-22(19)23/h1-16H,17H2. The quantitative estimate of drug-likeness (QED) is 0.314. The molecule has 0 fully saturated rings. The Bertz CT molecular complexity index is 1360. The summed E-state index contributed by atoms with van der Waals surface area (Å²) >= 11 is 7.46. The van der Waals surface area contributed by atoms with Crippen molar-refractivity contribution in [3.8, 4) is 0 Å². The average molecular weight is 456 g/mol. The van der Waals surface area contributed by atoms with E-state index < -0.39 is 0 Å². The molecule has 0 bridgehead atoms. The van der Waals surface area contributed by atoms with E-state index in [1.807, 2.05) is 72.8 Å². The van der Waals surface area contributed by atoms with Gasteiger partial charge in [0.1, 0.15) is 0 Å². The Hall–Kier alpha value is -3.34. The van der Waals surface area contributed by atoms with Gasteiger partial charge in [-0.15, -0.1) is 11.8 Å². The minimum atomic E-state index is -0.316. The summed E-state index contributed by atoms with van der Waals surface area (Å²) in [6, 6.07) is 30.4. The molecule has 5 rings (SSSR count). The van der Waals surface area contributed by atoms with E-state index in [0.29, 0.717) is 32.5 Å². The Labute approximate surface area is 195 Å². The maximum Gasteiger partial charge on any atom is 0.272 e. The van der Waals surface area contributed by atoms with Crippen LogP contribution in [-0.4, -0.2) is 11.8 Å². The van der Waals surface area contributed by atoms with Gasteiger partial charge in [0, 0.05) is 16.2 Å². The Morgan fingerprint density at radius 1 is 0.719 bits per heavy atom. The van der Waals surface area contributed by atoms with E-state index in [1.54, 1.807) is 24.3 Å². The van der Waals surface area contributed by atoms with E-state index in [9.17, 15) is 9.59 Å². The molecule has 0 N–H and O–H groups in total. The zero-order valence-electron chi connectivity index (χ0n) is 17.0. The van der Waals surface area contributed by atoms with Crippen molar-refractivity contribution in [2.45, 2.75) is 5.75 Å². The third-order valence-electron chi connectivity index (χ3n) is 5.41. The fraction of sp³-hybridized carbons (Fsp3) is 0.0370. The predicted octanol–water partition coefficient (Wildman–Crippen LogP) is 6.71. The van der Waals surface area contributed by atoms with E-state index >= 15 is 0 Å². The van der Waals surface area contributed by atoms with Crippen molar-refractivity contribution in [1.29, 1.82) is 0 Å². The molecular weight excluding hydrogens is 438 g/mol. The number of halogens is 1. The van der Waals surface area contributed by atoms with Crippen molar-refractivity contribution in [1.82, 2.24) is 0 Å². The Kier molecular flexibility index (Phi) is 5.56. The molecule has 0 radical (unpaired) electrons. The summed E-state index contributed by atoms with van der Waals surface area (Å²) in [5, 5.41) is 2.42. The van der Waals surface area contributed by atoms with Crippen molar-refractivity contribution in [2.75, 3.05) is 4.90 Å². The van der Waals surface area contributed by atoms with E-state index in [-0.39, 0.29) is 11.8 Å². The summed E-state index contributed by atoms with van der Waals surface area (Å²) in [6.07, 6.45) is 0. The second-order valence-electron chi connectivity index (χ2n) is 7.43. The Morgan fingerprint density at radius 3 is 2.19 bits per heavy atom. The SMILES string of the molecule is O=C1C(SCc2ccccc2)=C(c2ccc(Cl)cc2)C(=O)N1c1cccc2ccccc12. The molecule has 4 aromatic rings. The topological polar surface area (TPSA) is 37.4 Å². The van der Waals surface area contributed by atoms with Gasteiger partial charge in [-0.25, -0.2) is 4.90 Å². The van der Waals surface area contributed by atoms with Crippen LogP contribution in [0.3, 0.4) is 0 Å². The average Bonchev–Trinajstić information content (AvgIpc) is 3.07. The predicted molar refractivity (Wildman–Crippen MR) is 133 cm³/mol. The van der Waals surface area contributed by atoms with Crippen molar-refractivity contribution in [3.63, 3.8) is 0 Å². The molecule has 1 aliphatic heterocycles. The maximum atomic E-state index is 13.7. The van der Waals surface area contributed by atoms with E-state index in [4.69, 9.17) is 11.6 Å². The van der Waals surface area contributed by atoms with E-state index in [2.05, 4.69) is 0 Å². The van der Waals surface area contributed by atoms with Crippen molar-refractivity contribution >= 4 is 57.2 Å². The lowest BCUT2D eigenvalue weighted by molar-refractivity contribution is -0.119. The molecule has 0 saturated carbocycles. The van der Waals surface area contributed by atoms with Crippen LogP contribution in [0.2, 0.25) is 5.02 Å². The minimum absolute atomic E-state index is 0.294. The number of carbonyl (C=O) groups is 2. The highest BCUT2D eigenvalue weighted by atomic mass is 35.5. The molecule has 4 aromatic carbocycles. The maximum absolute atomic E-state index is 13.7. The second kappa shape index (κ2) is 8.65. The lowest BCUT2D eigenvalue weighted by Gasteiger charge is -2.17. The van der Waals surface area contributed by atoms with Crippen LogP contribution in [0.4, 0.5) is 5.69 Å². The molecule has 32 heavy (non-hydrogen) atoms. The number of benzene rings is 4. The van der Waals surface area contributed by atoms with Crippen molar-refractivity contribution < 1.29 is 9.59 Å². The van der Waals surface area contributed by atoms with Crippen LogP contribution in [0.15, 0.2) is 102 Å².